The zero-order valence-electron chi connectivity index (χ0n) is 16.2. The summed E-state index contributed by atoms with van der Waals surface area (Å²) in [6.45, 7) is -0.698. The number of ether oxygens (including phenoxy) is 2. The van der Waals surface area contributed by atoms with Gasteiger partial charge in [0.2, 0.25) is 0 Å². The number of methoxy groups -OCH3 is 1. The van der Waals surface area contributed by atoms with Crippen molar-refractivity contribution in [2.24, 2.45) is 0 Å². The monoisotopic (exact) mass is 423 g/mol. The van der Waals surface area contributed by atoms with Crippen LogP contribution in [0.15, 0.2) is 36.4 Å². The standard InChI is InChI=1S/C20H20ClF2N3O3/c1-4-29-18-13(21)9-12(10-16(18)28-3)19(27)25(2)11-17-24-14-7-5-6-8-15(14)26(17)20(22)23/h5-10,20H,4,11H2,1-3H3. The molecule has 0 spiro atoms. The van der Waals surface area contributed by atoms with Gasteiger partial charge in [0.1, 0.15) is 5.82 Å². The lowest BCUT2D eigenvalue weighted by atomic mass is 10.1. The normalized spacial score (nSPS) is 11.1. The Labute approximate surface area is 171 Å². The first-order chi connectivity index (χ1) is 13.9. The number of carbonyl (C=O) groups excluding carboxylic acids is 1. The van der Waals surface area contributed by atoms with Gasteiger partial charge in [-0.3, -0.25) is 9.36 Å². The van der Waals surface area contributed by atoms with E-state index < -0.39 is 12.5 Å². The van der Waals surface area contributed by atoms with E-state index >= 15 is 0 Å². The molecule has 0 aliphatic heterocycles. The molecular formula is C20H20ClF2N3O3. The van der Waals surface area contributed by atoms with Crippen LogP contribution < -0.4 is 9.47 Å². The highest BCUT2D eigenvalue weighted by Crippen LogP contribution is 2.36. The Morgan fingerprint density at radius 2 is 2.03 bits per heavy atom. The number of para-hydroxylation sites is 2. The summed E-state index contributed by atoms with van der Waals surface area (Å²) >= 11 is 6.23. The van der Waals surface area contributed by atoms with Gasteiger partial charge < -0.3 is 14.4 Å². The lowest BCUT2D eigenvalue weighted by molar-refractivity contribution is 0.0646. The summed E-state index contributed by atoms with van der Waals surface area (Å²) in [6, 6.07) is 9.57. The number of fused-ring (bicyclic) bond motifs is 1. The summed E-state index contributed by atoms with van der Waals surface area (Å²) in [4.78, 5) is 18.4. The summed E-state index contributed by atoms with van der Waals surface area (Å²) in [5.74, 6) is 0.327. The lowest BCUT2D eigenvalue weighted by Crippen LogP contribution is -2.28. The van der Waals surface area contributed by atoms with Crippen LogP contribution in [0.5, 0.6) is 11.5 Å². The fourth-order valence-corrected chi connectivity index (χ4v) is 3.32. The summed E-state index contributed by atoms with van der Waals surface area (Å²) < 4.78 is 38.7. The molecule has 0 unspecified atom stereocenters. The predicted molar refractivity (Wildman–Crippen MR) is 106 cm³/mol. The molecule has 6 nitrogen and oxygen atoms in total. The van der Waals surface area contributed by atoms with Crippen molar-refractivity contribution < 1.29 is 23.0 Å². The number of rotatable bonds is 7. The molecule has 0 aliphatic rings. The molecule has 1 amide bonds. The largest absolute Gasteiger partial charge is 0.493 e. The Balaban J connectivity index is 1.91. The highest BCUT2D eigenvalue weighted by molar-refractivity contribution is 6.32. The number of imidazole rings is 1. The van der Waals surface area contributed by atoms with Crippen LogP contribution in [0.4, 0.5) is 8.78 Å². The third-order valence-corrected chi connectivity index (χ3v) is 4.64. The van der Waals surface area contributed by atoms with Gasteiger partial charge in [-0.1, -0.05) is 23.7 Å². The van der Waals surface area contributed by atoms with E-state index in [1.165, 1.54) is 31.2 Å². The van der Waals surface area contributed by atoms with Crippen molar-refractivity contribution in [3.05, 3.63) is 52.8 Å². The van der Waals surface area contributed by atoms with Crippen LogP contribution in [0, 0.1) is 0 Å². The molecule has 2 aromatic carbocycles. The Morgan fingerprint density at radius 1 is 1.31 bits per heavy atom. The van der Waals surface area contributed by atoms with Crippen molar-refractivity contribution in [2.75, 3.05) is 20.8 Å². The van der Waals surface area contributed by atoms with E-state index in [2.05, 4.69) is 4.98 Å². The number of aromatic nitrogens is 2. The second-order valence-corrected chi connectivity index (χ2v) is 6.66. The molecule has 29 heavy (non-hydrogen) atoms. The molecule has 3 rings (SSSR count). The van der Waals surface area contributed by atoms with Crippen molar-refractivity contribution >= 4 is 28.5 Å². The molecule has 0 bridgehead atoms. The highest BCUT2D eigenvalue weighted by atomic mass is 35.5. The summed E-state index contributed by atoms with van der Waals surface area (Å²) in [5, 5.41) is 0.225. The minimum absolute atomic E-state index is 0.0843. The molecule has 1 heterocycles. The van der Waals surface area contributed by atoms with Gasteiger partial charge in [-0.05, 0) is 31.2 Å². The molecule has 0 aliphatic carbocycles. The number of carbonyl (C=O) groups is 1. The van der Waals surface area contributed by atoms with E-state index in [4.69, 9.17) is 21.1 Å². The van der Waals surface area contributed by atoms with Crippen LogP contribution >= 0.6 is 11.6 Å². The molecule has 3 aromatic rings. The van der Waals surface area contributed by atoms with Crippen LogP contribution in [0.1, 0.15) is 29.7 Å². The second-order valence-electron chi connectivity index (χ2n) is 6.25. The predicted octanol–water partition coefficient (Wildman–Crippen LogP) is 4.76. The molecule has 0 radical (unpaired) electrons. The minimum Gasteiger partial charge on any atom is -0.493 e. The Morgan fingerprint density at radius 3 is 2.69 bits per heavy atom. The first kappa shape index (κ1) is 20.9. The number of nitrogens with zero attached hydrogens (tertiary/aromatic N) is 3. The van der Waals surface area contributed by atoms with E-state index in [0.29, 0.717) is 29.1 Å². The zero-order valence-corrected chi connectivity index (χ0v) is 16.9. The zero-order chi connectivity index (χ0) is 21.1. The SMILES string of the molecule is CCOc1c(Cl)cc(C(=O)N(C)Cc2nc3ccccc3n2C(F)F)cc1OC. The second kappa shape index (κ2) is 8.65. The average Bonchev–Trinajstić information content (AvgIpc) is 3.06. The van der Waals surface area contributed by atoms with Gasteiger partial charge in [-0.2, -0.15) is 8.78 Å². The number of benzene rings is 2. The van der Waals surface area contributed by atoms with Crippen molar-refractivity contribution in [3.8, 4) is 11.5 Å². The van der Waals surface area contributed by atoms with Crippen LogP contribution in [0.25, 0.3) is 11.0 Å². The molecule has 0 saturated carbocycles. The number of amides is 1. The topological polar surface area (TPSA) is 56.6 Å². The van der Waals surface area contributed by atoms with Gasteiger partial charge in [0.25, 0.3) is 5.91 Å². The maximum absolute atomic E-state index is 13.6. The number of hydrogen-bond acceptors (Lipinski definition) is 4. The summed E-state index contributed by atoms with van der Waals surface area (Å²) in [5.41, 5.74) is 0.996. The number of hydrogen-bond donors (Lipinski definition) is 0. The van der Waals surface area contributed by atoms with Crippen molar-refractivity contribution in [1.29, 1.82) is 0 Å². The van der Waals surface area contributed by atoms with E-state index in [9.17, 15) is 13.6 Å². The summed E-state index contributed by atoms with van der Waals surface area (Å²) in [6.07, 6.45) is 0. The fourth-order valence-electron chi connectivity index (χ4n) is 3.06. The molecular weight excluding hydrogens is 404 g/mol. The van der Waals surface area contributed by atoms with Gasteiger partial charge in [0, 0.05) is 12.6 Å². The van der Waals surface area contributed by atoms with Gasteiger partial charge in [0.15, 0.2) is 11.5 Å². The van der Waals surface area contributed by atoms with Gasteiger partial charge in [-0.15, -0.1) is 0 Å². The maximum Gasteiger partial charge on any atom is 0.320 e. The van der Waals surface area contributed by atoms with Crippen molar-refractivity contribution in [2.45, 2.75) is 20.0 Å². The van der Waals surface area contributed by atoms with E-state index in [1.54, 1.807) is 31.2 Å². The van der Waals surface area contributed by atoms with Crippen LogP contribution in [0.2, 0.25) is 5.02 Å². The third kappa shape index (κ3) is 4.12. The minimum atomic E-state index is -2.78. The van der Waals surface area contributed by atoms with E-state index in [-0.39, 0.29) is 23.0 Å². The maximum atomic E-state index is 13.6. The number of alkyl halides is 2. The number of halogens is 3. The first-order valence-corrected chi connectivity index (χ1v) is 9.25. The van der Waals surface area contributed by atoms with Crippen LogP contribution in [0.3, 0.4) is 0 Å². The van der Waals surface area contributed by atoms with Crippen molar-refractivity contribution in [1.82, 2.24) is 14.5 Å². The quantitative estimate of drug-likeness (QED) is 0.549. The highest BCUT2D eigenvalue weighted by Gasteiger charge is 2.22. The molecule has 0 fully saturated rings. The molecule has 0 saturated heterocycles. The molecule has 154 valence electrons. The van der Waals surface area contributed by atoms with Crippen LogP contribution in [-0.2, 0) is 6.54 Å². The van der Waals surface area contributed by atoms with Gasteiger partial charge in [-0.25, -0.2) is 4.98 Å². The molecule has 1 aromatic heterocycles. The van der Waals surface area contributed by atoms with Crippen molar-refractivity contribution in [3.63, 3.8) is 0 Å². The molecule has 9 heteroatoms. The average molecular weight is 424 g/mol. The van der Waals surface area contributed by atoms with E-state index in [0.717, 1.165) is 4.57 Å². The van der Waals surface area contributed by atoms with E-state index in [1.807, 2.05) is 0 Å². The Hall–Kier alpha value is -2.87. The molecule has 0 N–H and O–H groups in total. The van der Waals surface area contributed by atoms with Gasteiger partial charge >= 0.3 is 6.55 Å². The smallest absolute Gasteiger partial charge is 0.320 e. The van der Waals surface area contributed by atoms with Gasteiger partial charge in [0.05, 0.1) is 36.3 Å². The summed E-state index contributed by atoms with van der Waals surface area (Å²) in [7, 11) is 2.95. The Bertz CT molecular complexity index is 1040. The third-order valence-electron chi connectivity index (χ3n) is 4.35. The Kier molecular flexibility index (Phi) is 6.22. The molecule has 0 atom stereocenters. The first-order valence-electron chi connectivity index (χ1n) is 8.87. The lowest BCUT2D eigenvalue weighted by Gasteiger charge is -2.19. The fraction of sp³-hybridized carbons (Fsp3) is 0.300. The van der Waals surface area contributed by atoms with Crippen LogP contribution in [-0.4, -0.2) is 41.1 Å².